The molecule has 190 valence electrons. The Kier molecular flexibility index (Phi) is 12.0. The molecule has 1 saturated carbocycles. The van der Waals surface area contributed by atoms with Crippen LogP contribution >= 0.6 is 11.8 Å². The quantitative estimate of drug-likeness (QED) is 0.352. The molecule has 3 amide bonds. The fraction of sp³-hybridized carbons (Fsp3) is 0.826. The first-order valence-corrected chi connectivity index (χ1v) is 13.0. The van der Waals surface area contributed by atoms with Gasteiger partial charge in [-0.3, -0.25) is 9.59 Å². The lowest BCUT2D eigenvalue weighted by molar-refractivity contribution is -0.144. The van der Waals surface area contributed by atoms with E-state index in [1.807, 2.05) is 6.26 Å². The summed E-state index contributed by atoms with van der Waals surface area (Å²) in [5, 5.41) is 17.5. The van der Waals surface area contributed by atoms with Crippen LogP contribution in [0.5, 0.6) is 0 Å². The van der Waals surface area contributed by atoms with Crippen molar-refractivity contribution < 1.29 is 29.0 Å². The van der Waals surface area contributed by atoms with Crippen molar-refractivity contribution in [1.82, 2.24) is 16.0 Å². The number of nitrogens with one attached hydrogen (secondary N) is 3. The van der Waals surface area contributed by atoms with Crippen LogP contribution in [0.3, 0.4) is 0 Å². The van der Waals surface area contributed by atoms with Gasteiger partial charge in [0.1, 0.15) is 17.7 Å². The van der Waals surface area contributed by atoms with Crippen molar-refractivity contribution in [2.24, 2.45) is 17.8 Å². The second-order valence-electron chi connectivity index (χ2n) is 10.0. The molecule has 4 N–H and O–H groups in total. The third kappa shape index (κ3) is 11.1. The van der Waals surface area contributed by atoms with Crippen LogP contribution < -0.4 is 16.0 Å². The molecule has 0 spiro atoms. The van der Waals surface area contributed by atoms with Crippen molar-refractivity contribution in [1.29, 1.82) is 0 Å². The van der Waals surface area contributed by atoms with Gasteiger partial charge in [0.2, 0.25) is 11.8 Å². The molecule has 1 rings (SSSR count). The normalized spacial score (nSPS) is 20.5. The number of aliphatic carboxylic acids is 1. The smallest absolute Gasteiger partial charge is 0.408 e. The topological polar surface area (TPSA) is 134 Å². The largest absolute Gasteiger partial charge is 0.480 e. The molecule has 0 aliphatic heterocycles. The van der Waals surface area contributed by atoms with Crippen molar-refractivity contribution >= 4 is 35.6 Å². The molecular formula is C23H41N3O6S. The highest BCUT2D eigenvalue weighted by atomic mass is 32.2. The number of thioether (sulfide) groups is 1. The lowest BCUT2D eigenvalue weighted by Crippen LogP contribution is -2.49. The number of carbonyl (C=O) groups excluding carboxylic acids is 3. The van der Waals surface area contributed by atoms with E-state index in [0.717, 1.165) is 18.6 Å². The zero-order valence-electron chi connectivity index (χ0n) is 20.7. The minimum atomic E-state index is -1.02. The first-order chi connectivity index (χ1) is 15.3. The number of rotatable bonds is 11. The van der Waals surface area contributed by atoms with E-state index in [-0.39, 0.29) is 29.6 Å². The zero-order chi connectivity index (χ0) is 25.2. The predicted molar refractivity (Wildman–Crippen MR) is 129 cm³/mol. The molecule has 2 unspecified atom stereocenters. The van der Waals surface area contributed by atoms with Crippen LogP contribution in [0.4, 0.5) is 4.79 Å². The number of alkyl carbamates (subject to hydrolysis) is 1. The fourth-order valence-electron chi connectivity index (χ4n) is 3.74. The van der Waals surface area contributed by atoms with Gasteiger partial charge in [-0.05, 0) is 76.7 Å². The lowest BCUT2D eigenvalue weighted by atomic mass is 9.81. The van der Waals surface area contributed by atoms with Gasteiger partial charge in [0.25, 0.3) is 0 Å². The van der Waals surface area contributed by atoms with E-state index in [2.05, 4.69) is 16.0 Å². The maximum atomic E-state index is 12.7. The molecule has 33 heavy (non-hydrogen) atoms. The van der Waals surface area contributed by atoms with Crippen LogP contribution in [0.25, 0.3) is 0 Å². The van der Waals surface area contributed by atoms with Gasteiger partial charge in [0.05, 0.1) is 0 Å². The minimum absolute atomic E-state index is 0.189. The lowest BCUT2D eigenvalue weighted by Gasteiger charge is -2.30. The van der Waals surface area contributed by atoms with E-state index in [1.165, 1.54) is 0 Å². The van der Waals surface area contributed by atoms with Gasteiger partial charge >= 0.3 is 12.1 Å². The second kappa shape index (κ2) is 13.7. The van der Waals surface area contributed by atoms with Crippen molar-refractivity contribution in [3.63, 3.8) is 0 Å². The van der Waals surface area contributed by atoms with E-state index in [1.54, 1.807) is 46.4 Å². The van der Waals surface area contributed by atoms with Crippen LogP contribution in [0.2, 0.25) is 0 Å². The second-order valence-corrected chi connectivity index (χ2v) is 11.0. The molecule has 0 radical (unpaired) electrons. The first-order valence-electron chi connectivity index (χ1n) is 11.6. The fourth-order valence-corrected chi connectivity index (χ4v) is 4.21. The minimum Gasteiger partial charge on any atom is -0.480 e. The molecule has 9 nitrogen and oxygen atoms in total. The van der Waals surface area contributed by atoms with Crippen LogP contribution in [0.15, 0.2) is 0 Å². The monoisotopic (exact) mass is 487 g/mol. The summed E-state index contributed by atoms with van der Waals surface area (Å²) in [5.74, 6) is -0.908. The molecule has 0 aromatic carbocycles. The van der Waals surface area contributed by atoms with Crippen molar-refractivity contribution in [2.75, 3.05) is 18.6 Å². The number of carboxylic acid groups (broad SMARTS) is 1. The number of carbonyl (C=O) groups is 4. The highest BCUT2D eigenvalue weighted by molar-refractivity contribution is 7.98. The zero-order valence-corrected chi connectivity index (χ0v) is 21.5. The van der Waals surface area contributed by atoms with Gasteiger partial charge in [0.15, 0.2) is 0 Å². The molecule has 1 aliphatic carbocycles. The third-order valence-corrected chi connectivity index (χ3v) is 6.28. The Hall–Kier alpha value is -1.97. The average Bonchev–Trinajstić information content (AvgIpc) is 2.71. The summed E-state index contributed by atoms with van der Waals surface area (Å²) >= 11 is 1.60. The maximum absolute atomic E-state index is 12.7. The highest BCUT2D eigenvalue weighted by Crippen LogP contribution is 2.29. The Bertz CT molecular complexity index is 672. The molecular weight excluding hydrogens is 446 g/mol. The van der Waals surface area contributed by atoms with E-state index in [0.29, 0.717) is 25.8 Å². The number of hydrogen-bond donors (Lipinski definition) is 4. The highest BCUT2D eigenvalue weighted by Gasteiger charge is 2.31. The Morgan fingerprint density at radius 2 is 1.67 bits per heavy atom. The number of carboxylic acids is 1. The van der Waals surface area contributed by atoms with E-state index in [9.17, 15) is 24.3 Å². The van der Waals surface area contributed by atoms with Gasteiger partial charge in [-0.15, -0.1) is 0 Å². The molecule has 0 heterocycles. The molecule has 0 aromatic rings. The Balaban J connectivity index is 2.51. The Labute approximate surface area is 201 Å². The van der Waals surface area contributed by atoms with E-state index < -0.39 is 29.7 Å². The molecule has 0 aromatic heterocycles. The summed E-state index contributed by atoms with van der Waals surface area (Å²) in [7, 11) is 0. The Morgan fingerprint density at radius 3 is 2.15 bits per heavy atom. The predicted octanol–water partition coefficient (Wildman–Crippen LogP) is 2.78. The van der Waals surface area contributed by atoms with Gasteiger partial charge in [-0.25, -0.2) is 9.59 Å². The summed E-state index contributed by atoms with van der Waals surface area (Å²) in [6.45, 7) is 9.31. The van der Waals surface area contributed by atoms with E-state index in [4.69, 9.17) is 4.74 Å². The number of amides is 3. The number of ether oxygens (including phenoxy) is 1. The first kappa shape index (κ1) is 29.1. The summed E-state index contributed by atoms with van der Waals surface area (Å²) in [6.07, 6.45) is 4.68. The standard InChI is InChI=1S/C23H41N3O6S/c1-14(2)18(21(29)30)26-19(27)16-9-7-15(8-10-16)13-24-20(28)17(11-12-33-6)25-22(31)32-23(3,4)5/h14-18H,7-13H2,1-6H3,(H,24,28)(H,25,31)(H,26,27)(H,29,30). The van der Waals surface area contributed by atoms with Crippen LogP contribution in [-0.2, 0) is 19.1 Å². The van der Waals surface area contributed by atoms with Crippen molar-refractivity contribution in [3.05, 3.63) is 0 Å². The van der Waals surface area contributed by atoms with Gasteiger partial charge in [-0.2, -0.15) is 11.8 Å². The average molecular weight is 488 g/mol. The summed E-state index contributed by atoms with van der Waals surface area (Å²) < 4.78 is 5.27. The SMILES string of the molecule is CSCCC(NC(=O)OC(C)(C)C)C(=O)NCC1CCC(C(=O)NC(C(=O)O)C(C)C)CC1. The van der Waals surface area contributed by atoms with E-state index >= 15 is 0 Å². The third-order valence-electron chi connectivity index (χ3n) is 5.63. The maximum Gasteiger partial charge on any atom is 0.408 e. The molecule has 2 atom stereocenters. The van der Waals surface area contributed by atoms with Crippen molar-refractivity contribution in [2.45, 2.75) is 84.4 Å². The molecule has 10 heteroatoms. The molecule has 1 fully saturated rings. The molecule has 0 saturated heterocycles. The summed E-state index contributed by atoms with van der Waals surface area (Å²) in [4.78, 5) is 48.6. The van der Waals surface area contributed by atoms with Crippen LogP contribution in [0, 0.1) is 17.8 Å². The van der Waals surface area contributed by atoms with Gasteiger partial charge in [-0.1, -0.05) is 13.8 Å². The van der Waals surface area contributed by atoms with Crippen molar-refractivity contribution in [3.8, 4) is 0 Å². The van der Waals surface area contributed by atoms with Crippen LogP contribution in [0.1, 0.15) is 66.7 Å². The molecule has 0 bridgehead atoms. The summed E-state index contributed by atoms with van der Waals surface area (Å²) in [5.41, 5.74) is -0.644. The van der Waals surface area contributed by atoms with Gasteiger partial charge < -0.3 is 25.8 Å². The Morgan fingerprint density at radius 1 is 1.06 bits per heavy atom. The number of hydrogen-bond acceptors (Lipinski definition) is 6. The molecule has 1 aliphatic rings. The van der Waals surface area contributed by atoms with Gasteiger partial charge in [0, 0.05) is 12.5 Å². The van der Waals surface area contributed by atoms with Crippen LogP contribution in [-0.4, -0.2) is 65.2 Å². The summed E-state index contributed by atoms with van der Waals surface area (Å²) in [6, 6.07) is -1.55.